The van der Waals surface area contributed by atoms with Crippen molar-refractivity contribution < 1.29 is 4.79 Å². The van der Waals surface area contributed by atoms with Crippen molar-refractivity contribution in [2.75, 3.05) is 13.1 Å². The zero-order chi connectivity index (χ0) is 18.5. The molecule has 3 aromatic rings. The highest BCUT2D eigenvalue weighted by atomic mass is 16.2. The van der Waals surface area contributed by atoms with Gasteiger partial charge in [0.2, 0.25) is 5.91 Å². The molecule has 140 valence electrons. The first-order chi connectivity index (χ1) is 13.3. The van der Waals surface area contributed by atoms with Crippen LogP contribution in [0.15, 0.2) is 48.5 Å². The molecule has 0 aliphatic carbocycles. The minimum absolute atomic E-state index is 0.0570. The van der Waals surface area contributed by atoms with Gasteiger partial charge in [-0.25, -0.2) is 4.68 Å². The average molecular weight is 363 g/mol. The van der Waals surface area contributed by atoms with E-state index < -0.39 is 0 Å². The SMILES string of the molecule is O=C(Cn1nnc2ccccc21)NCc1ccccc1CN1CCCCC1. The molecule has 1 saturated heterocycles. The normalized spacial score (nSPS) is 15.1. The molecule has 1 fully saturated rings. The maximum absolute atomic E-state index is 12.4. The molecule has 0 spiro atoms. The second-order valence-corrected chi connectivity index (χ2v) is 7.12. The number of para-hydroxylation sites is 1. The van der Waals surface area contributed by atoms with Crippen LogP contribution in [-0.2, 0) is 24.4 Å². The Morgan fingerprint density at radius 1 is 0.963 bits per heavy atom. The molecule has 1 N–H and O–H groups in total. The Balaban J connectivity index is 1.37. The summed E-state index contributed by atoms with van der Waals surface area (Å²) in [5.41, 5.74) is 4.15. The third kappa shape index (κ3) is 4.34. The molecule has 2 heterocycles. The van der Waals surface area contributed by atoms with Crippen molar-refractivity contribution in [1.82, 2.24) is 25.2 Å². The Morgan fingerprint density at radius 2 is 1.70 bits per heavy atom. The Kier molecular flexibility index (Phi) is 5.44. The van der Waals surface area contributed by atoms with E-state index in [0.717, 1.165) is 17.6 Å². The first-order valence-electron chi connectivity index (χ1n) is 9.64. The van der Waals surface area contributed by atoms with E-state index >= 15 is 0 Å². The Morgan fingerprint density at radius 3 is 2.56 bits per heavy atom. The van der Waals surface area contributed by atoms with Gasteiger partial charge >= 0.3 is 0 Å². The van der Waals surface area contributed by atoms with Crippen molar-refractivity contribution in [3.05, 3.63) is 59.7 Å². The summed E-state index contributed by atoms with van der Waals surface area (Å²) < 4.78 is 1.64. The lowest BCUT2D eigenvalue weighted by molar-refractivity contribution is -0.121. The van der Waals surface area contributed by atoms with Crippen molar-refractivity contribution in [2.45, 2.75) is 38.9 Å². The zero-order valence-electron chi connectivity index (χ0n) is 15.5. The highest BCUT2D eigenvalue weighted by molar-refractivity contribution is 5.79. The number of fused-ring (bicyclic) bond motifs is 1. The third-order valence-corrected chi connectivity index (χ3v) is 5.15. The van der Waals surface area contributed by atoms with Gasteiger partial charge in [0, 0.05) is 13.1 Å². The van der Waals surface area contributed by atoms with Crippen LogP contribution in [0.25, 0.3) is 11.0 Å². The second-order valence-electron chi connectivity index (χ2n) is 7.12. The number of nitrogens with one attached hydrogen (secondary N) is 1. The number of carbonyl (C=O) groups excluding carboxylic acids is 1. The topological polar surface area (TPSA) is 63.1 Å². The fourth-order valence-electron chi connectivity index (χ4n) is 3.66. The Labute approximate surface area is 159 Å². The molecular formula is C21H25N5O. The molecule has 0 radical (unpaired) electrons. The molecule has 1 amide bonds. The zero-order valence-corrected chi connectivity index (χ0v) is 15.5. The number of rotatable bonds is 6. The second kappa shape index (κ2) is 8.31. The Bertz CT molecular complexity index is 914. The van der Waals surface area contributed by atoms with Crippen LogP contribution in [0.4, 0.5) is 0 Å². The molecule has 1 aromatic heterocycles. The highest BCUT2D eigenvalue weighted by Gasteiger charge is 2.13. The monoisotopic (exact) mass is 363 g/mol. The molecule has 2 aromatic carbocycles. The van der Waals surface area contributed by atoms with Crippen molar-refractivity contribution >= 4 is 16.9 Å². The number of nitrogens with zero attached hydrogens (tertiary/aromatic N) is 4. The maximum Gasteiger partial charge on any atom is 0.242 e. The lowest BCUT2D eigenvalue weighted by atomic mass is 10.0. The molecule has 0 bridgehead atoms. The summed E-state index contributed by atoms with van der Waals surface area (Å²) in [5.74, 6) is -0.0570. The Hall–Kier alpha value is -2.73. The molecule has 27 heavy (non-hydrogen) atoms. The quantitative estimate of drug-likeness (QED) is 0.731. The van der Waals surface area contributed by atoms with Crippen LogP contribution in [0.2, 0.25) is 0 Å². The average Bonchev–Trinajstić information content (AvgIpc) is 3.11. The largest absolute Gasteiger partial charge is 0.350 e. The van der Waals surface area contributed by atoms with Crippen LogP contribution in [0.5, 0.6) is 0 Å². The van der Waals surface area contributed by atoms with Crippen LogP contribution in [0, 0.1) is 0 Å². The molecule has 0 unspecified atom stereocenters. The predicted octanol–water partition coefficient (Wildman–Crippen LogP) is 2.73. The fraction of sp³-hybridized carbons (Fsp3) is 0.381. The van der Waals surface area contributed by atoms with E-state index in [2.05, 4.69) is 38.7 Å². The van der Waals surface area contributed by atoms with Gasteiger partial charge in [0.05, 0.1) is 5.52 Å². The number of aromatic nitrogens is 3. The first-order valence-corrected chi connectivity index (χ1v) is 9.64. The van der Waals surface area contributed by atoms with Gasteiger partial charge in [0.1, 0.15) is 12.1 Å². The van der Waals surface area contributed by atoms with E-state index in [0.29, 0.717) is 6.54 Å². The first kappa shape index (κ1) is 17.7. The van der Waals surface area contributed by atoms with Crippen LogP contribution in [-0.4, -0.2) is 38.9 Å². The summed E-state index contributed by atoms with van der Waals surface area (Å²) in [5, 5.41) is 11.2. The van der Waals surface area contributed by atoms with E-state index in [1.807, 2.05) is 30.3 Å². The third-order valence-electron chi connectivity index (χ3n) is 5.15. The minimum atomic E-state index is -0.0570. The van der Waals surface area contributed by atoms with Crippen LogP contribution in [0.3, 0.4) is 0 Å². The van der Waals surface area contributed by atoms with Gasteiger partial charge in [-0.3, -0.25) is 9.69 Å². The number of hydrogen-bond donors (Lipinski definition) is 1. The molecule has 4 rings (SSSR count). The summed E-state index contributed by atoms with van der Waals surface area (Å²) in [6.45, 7) is 4.00. The van der Waals surface area contributed by atoms with Crippen molar-refractivity contribution in [2.24, 2.45) is 0 Å². The molecule has 0 saturated carbocycles. The maximum atomic E-state index is 12.4. The van der Waals surface area contributed by atoms with Crippen LogP contribution in [0.1, 0.15) is 30.4 Å². The molecule has 1 aliphatic heterocycles. The van der Waals surface area contributed by atoms with Crippen molar-refractivity contribution in [3.8, 4) is 0 Å². The number of amides is 1. The summed E-state index contributed by atoms with van der Waals surface area (Å²) in [7, 11) is 0. The summed E-state index contributed by atoms with van der Waals surface area (Å²) >= 11 is 0. The number of hydrogen-bond acceptors (Lipinski definition) is 4. The predicted molar refractivity (Wildman–Crippen MR) is 105 cm³/mol. The van der Waals surface area contributed by atoms with E-state index in [1.54, 1.807) is 4.68 Å². The van der Waals surface area contributed by atoms with Gasteiger partial charge in [0.15, 0.2) is 0 Å². The van der Waals surface area contributed by atoms with Gasteiger partial charge < -0.3 is 5.32 Å². The number of benzene rings is 2. The van der Waals surface area contributed by atoms with E-state index in [9.17, 15) is 4.79 Å². The van der Waals surface area contributed by atoms with Gasteiger partial charge in [0.25, 0.3) is 0 Å². The van der Waals surface area contributed by atoms with Crippen LogP contribution >= 0.6 is 0 Å². The lowest BCUT2D eigenvalue weighted by Gasteiger charge is -2.27. The van der Waals surface area contributed by atoms with Crippen molar-refractivity contribution in [3.63, 3.8) is 0 Å². The number of likely N-dealkylation sites (tertiary alicyclic amines) is 1. The van der Waals surface area contributed by atoms with E-state index in [1.165, 1.54) is 43.5 Å². The standard InChI is InChI=1S/C21H25N5O/c27-21(16-26-20-11-5-4-10-19(20)23-24-26)22-14-17-8-2-3-9-18(17)15-25-12-6-1-7-13-25/h2-5,8-11H,1,6-7,12-16H2,(H,22,27). The summed E-state index contributed by atoms with van der Waals surface area (Å²) in [6.07, 6.45) is 3.90. The summed E-state index contributed by atoms with van der Waals surface area (Å²) in [4.78, 5) is 14.9. The molecular weight excluding hydrogens is 338 g/mol. The number of piperidine rings is 1. The van der Waals surface area contributed by atoms with Gasteiger partial charge in [-0.2, -0.15) is 0 Å². The van der Waals surface area contributed by atoms with E-state index in [-0.39, 0.29) is 12.5 Å². The summed E-state index contributed by atoms with van der Waals surface area (Å²) in [6, 6.07) is 16.0. The molecule has 0 atom stereocenters. The van der Waals surface area contributed by atoms with Crippen molar-refractivity contribution in [1.29, 1.82) is 0 Å². The van der Waals surface area contributed by atoms with E-state index in [4.69, 9.17) is 0 Å². The number of carbonyl (C=O) groups is 1. The lowest BCUT2D eigenvalue weighted by Crippen LogP contribution is -2.31. The fourth-order valence-corrected chi connectivity index (χ4v) is 3.66. The molecule has 6 nitrogen and oxygen atoms in total. The molecule has 1 aliphatic rings. The van der Waals surface area contributed by atoms with Gasteiger partial charge in [-0.05, 0) is 49.2 Å². The van der Waals surface area contributed by atoms with Gasteiger partial charge in [-0.1, -0.05) is 48.0 Å². The minimum Gasteiger partial charge on any atom is -0.350 e. The van der Waals surface area contributed by atoms with Gasteiger partial charge in [-0.15, -0.1) is 5.10 Å². The van der Waals surface area contributed by atoms with Crippen LogP contribution < -0.4 is 5.32 Å². The highest BCUT2D eigenvalue weighted by Crippen LogP contribution is 2.16. The molecule has 6 heteroatoms. The smallest absolute Gasteiger partial charge is 0.242 e.